The molecule has 2 aromatic rings. The minimum Gasteiger partial charge on any atom is -0.490 e. The van der Waals surface area contributed by atoms with Crippen molar-refractivity contribution in [3.63, 3.8) is 0 Å². The molecule has 19 heavy (non-hydrogen) atoms. The fraction of sp³-hybridized carbons (Fsp3) is 0.250. The Balaban J connectivity index is 1.80. The van der Waals surface area contributed by atoms with Crippen molar-refractivity contribution in [2.75, 3.05) is 6.61 Å². The predicted octanol–water partition coefficient (Wildman–Crippen LogP) is 3.91. The summed E-state index contributed by atoms with van der Waals surface area (Å²) < 4.78 is 5.45. The zero-order valence-corrected chi connectivity index (χ0v) is 12.0. The Morgan fingerprint density at radius 1 is 1.21 bits per heavy atom. The molecule has 0 radical (unpaired) electrons. The molecule has 2 rings (SSSR count). The van der Waals surface area contributed by atoms with Crippen molar-refractivity contribution in [2.24, 2.45) is 0 Å². The van der Waals surface area contributed by atoms with Crippen LogP contribution < -0.4 is 10.1 Å². The summed E-state index contributed by atoms with van der Waals surface area (Å²) in [5, 5.41) is 7.84. The summed E-state index contributed by atoms with van der Waals surface area (Å²) in [5.41, 5.74) is 4.01. The number of hydrogen-bond donors (Lipinski definition) is 1. The predicted molar refractivity (Wildman–Crippen MR) is 81.7 cm³/mol. The van der Waals surface area contributed by atoms with Gasteiger partial charge in [0.2, 0.25) is 0 Å². The topological polar surface area (TPSA) is 21.3 Å². The van der Waals surface area contributed by atoms with Crippen LogP contribution in [0, 0.1) is 6.92 Å². The molecule has 0 atom stereocenters. The van der Waals surface area contributed by atoms with E-state index in [4.69, 9.17) is 4.74 Å². The van der Waals surface area contributed by atoms with Crippen LogP contribution in [0.25, 0.3) is 0 Å². The van der Waals surface area contributed by atoms with Gasteiger partial charge >= 0.3 is 0 Å². The number of benzene rings is 1. The summed E-state index contributed by atoms with van der Waals surface area (Å²) in [6, 6.07) is 8.17. The molecular weight excluding hydrogens is 254 g/mol. The van der Waals surface area contributed by atoms with E-state index in [9.17, 15) is 0 Å². The zero-order chi connectivity index (χ0) is 13.5. The molecule has 1 aromatic carbocycles. The minimum atomic E-state index is 0.551. The van der Waals surface area contributed by atoms with Crippen molar-refractivity contribution in [3.05, 3.63) is 64.4 Å². The molecular formula is C16H19NOS. The molecule has 0 fully saturated rings. The third-order valence-electron chi connectivity index (χ3n) is 2.90. The third kappa shape index (κ3) is 4.23. The Labute approximate surface area is 118 Å². The molecule has 0 aliphatic heterocycles. The highest BCUT2D eigenvalue weighted by atomic mass is 32.1. The molecule has 0 bridgehead atoms. The van der Waals surface area contributed by atoms with Crippen molar-refractivity contribution in [1.29, 1.82) is 0 Å². The van der Waals surface area contributed by atoms with Crippen LogP contribution in [0.1, 0.15) is 16.7 Å². The van der Waals surface area contributed by atoms with Gasteiger partial charge in [-0.15, -0.1) is 0 Å². The van der Waals surface area contributed by atoms with Crippen molar-refractivity contribution >= 4 is 11.3 Å². The largest absolute Gasteiger partial charge is 0.490 e. The van der Waals surface area contributed by atoms with Crippen molar-refractivity contribution in [2.45, 2.75) is 20.0 Å². The van der Waals surface area contributed by atoms with Crippen LogP contribution in [0.2, 0.25) is 0 Å². The van der Waals surface area contributed by atoms with E-state index < -0.39 is 0 Å². The summed E-state index contributed by atoms with van der Waals surface area (Å²) in [7, 11) is 0. The molecule has 0 spiro atoms. The molecule has 2 nitrogen and oxygen atoms in total. The number of thiophene rings is 1. The molecule has 1 N–H and O–H groups in total. The summed E-state index contributed by atoms with van der Waals surface area (Å²) in [6.45, 7) is 8.13. The fourth-order valence-electron chi connectivity index (χ4n) is 1.77. The average molecular weight is 273 g/mol. The first-order chi connectivity index (χ1) is 9.29. The molecule has 100 valence electrons. The van der Waals surface area contributed by atoms with Gasteiger partial charge in [-0.1, -0.05) is 24.8 Å². The van der Waals surface area contributed by atoms with E-state index in [2.05, 4.69) is 41.7 Å². The molecule has 1 heterocycles. The first-order valence-electron chi connectivity index (χ1n) is 6.34. The van der Waals surface area contributed by atoms with Crippen LogP contribution in [0.4, 0.5) is 0 Å². The Hall–Kier alpha value is -1.58. The van der Waals surface area contributed by atoms with Crippen molar-refractivity contribution in [1.82, 2.24) is 5.32 Å². The lowest BCUT2D eigenvalue weighted by atomic mass is 10.2. The van der Waals surface area contributed by atoms with E-state index in [1.165, 1.54) is 16.7 Å². The quantitative estimate of drug-likeness (QED) is 0.772. The maximum Gasteiger partial charge on any atom is 0.119 e. The number of hydrogen-bond acceptors (Lipinski definition) is 3. The van der Waals surface area contributed by atoms with Gasteiger partial charge in [0, 0.05) is 13.1 Å². The van der Waals surface area contributed by atoms with Gasteiger partial charge in [0.15, 0.2) is 0 Å². The van der Waals surface area contributed by atoms with E-state index in [0.29, 0.717) is 6.61 Å². The van der Waals surface area contributed by atoms with Gasteiger partial charge < -0.3 is 10.1 Å². The number of nitrogens with one attached hydrogen (secondary N) is 1. The second-order valence-electron chi connectivity index (χ2n) is 4.43. The Morgan fingerprint density at radius 3 is 2.63 bits per heavy atom. The maximum absolute atomic E-state index is 5.45. The molecule has 0 aliphatic rings. The van der Waals surface area contributed by atoms with Gasteiger partial charge in [0.1, 0.15) is 12.4 Å². The molecule has 3 heteroatoms. The third-order valence-corrected chi connectivity index (χ3v) is 3.81. The van der Waals surface area contributed by atoms with Crippen LogP contribution in [0.3, 0.4) is 0 Å². The second kappa shape index (κ2) is 7.12. The van der Waals surface area contributed by atoms with Crippen molar-refractivity contribution in [3.8, 4) is 5.75 Å². The van der Waals surface area contributed by atoms with Crippen LogP contribution in [-0.4, -0.2) is 6.61 Å². The SMILES string of the molecule is C=CCOc1ccc(CNCc2cscc2C)cc1. The summed E-state index contributed by atoms with van der Waals surface area (Å²) in [4.78, 5) is 0. The first-order valence-corrected chi connectivity index (χ1v) is 7.29. The van der Waals surface area contributed by atoms with E-state index in [1.807, 2.05) is 12.1 Å². The lowest BCUT2D eigenvalue weighted by Crippen LogP contribution is -2.12. The van der Waals surface area contributed by atoms with E-state index >= 15 is 0 Å². The van der Waals surface area contributed by atoms with Gasteiger partial charge in [0.25, 0.3) is 0 Å². The van der Waals surface area contributed by atoms with Gasteiger partial charge in [-0.25, -0.2) is 0 Å². The molecule has 0 saturated heterocycles. The molecule has 0 aliphatic carbocycles. The highest BCUT2D eigenvalue weighted by Gasteiger charge is 1.99. The number of aryl methyl sites for hydroxylation is 1. The van der Waals surface area contributed by atoms with Gasteiger partial charge in [0.05, 0.1) is 0 Å². The fourth-order valence-corrected chi connectivity index (χ4v) is 2.63. The van der Waals surface area contributed by atoms with E-state index in [1.54, 1.807) is 17.4 Å². The maximum atomic E-state index is 5.45. The summed E-state index contributed by atoms with van der Waals surface area (Å²) >= 11 is 1.76. The Kier molecular flexibility index (Phi) is 5.19. The minimum absolute atomic E-state index is 0.551. The smallest absolute Gasteiger partial charge is 0.119 e. The van der Waals surface area contributed by atoms with Gasteiger partial charge in [-0.05, 0) is 46.5 Å². The monoisotopic (exact) mass is 273 g/mol. The van der Waals surface area contributed by atoms with Crippen LogP contribution in [0.15, 0.2) is 47.7 Å². The van der Waals surface area contributed by atoms with E-state index in [0.717, 1.165) is 18.8 Å². The van der Waals surface area contributed by atoms with Crippen molar-refractivity contribution < 1.29 is 4.74 Å². The number of rotatable bonds is 7. The molecule has 0 unspecified atom stereocenters. The van der Waals surface area contributed by atoms with E-state index in [-0.39, 0.29) is 0 Å². The van der Waals surface area contributed by atoms with Crippen LogP contribution >= 0.6 is 11.3 Å². The van der Waals surface area contributed by atoms with Gasteiger partial charge in [-0.3, -0.25) is 0 Å². The van der Waals surface area contributed by atoms with Crippen LogP contribution in [-0.2, 0) is 13.1 Å². The van der Waals surface area contributed by atoms with Gasteiger partial charge in [-0.2, -0.15) is 11.3 Å². The highest BCUT2D eigenvalue weighted by Crippen LogP contribution is 2.14. The Morgan fingerprint density at radius 2 is 2.00 bits per heavy atom. The molecule has 0 amide bonds. The molecule has 1 aromatic heterocycles. The average Bonchev–Trinajstić information content (AvgIpc) is 2.84. The first kappa shape index (κ1) is 13.8. The second-order valence-corrected chi connectivity index (χ2v) is 5.17. The standard InChI is InChI=1S/C16H19NOS/c1-3-8-18-16-6-4-14(5-7-16)9-17-10-15-12-19-11-13(15)2/h3-7,11-12,17H,1,8-10H2,2H3. The molecule has 0 saturated carbocycles. The highest BCUT2D eigenvalue weighted by molar-refractivity contribution is 7.08. The van der Waals surface area contributed by atoms with Crippen LogP contribution in [0.5, 0.6) is 5.75 Å². The lowest BCUT2D eigenvalue weighted by Gasteiger charge is -2.07. The normalized spacial score (nSPS) is 10.4. The Bertz CT molecular complexity index is 516. The zero-order valence-electron chi connectivity index (χ0n) is 11.2. The number of ether oxygens (including phenoxy) is 1. The lowest BCUT2D eigenvalue weighted by molar-refractivity contribution is 0.363. The summed E-state index contributed by atoms with van der Waals surface area (Å²) in [6.07, 6.45) is 1.75. The summed E-state index contributed by atoms with van der Waals surface area (Å²) in [5.74, 6) is 0.886.